The maximum atomic E-state index is 13.4. The number of rotatable bonds is 20. The van der Waals surface area contributed by atoms with Gasteiger partial charge in [0.15, 0.2) is 18.3 Å². The Balaban J connectivity index is 0.000000140. The average Bonchev–Trinajstić information content (AvgIpc) is 1.47. The van der Waals surface area contributed by atoms with E-state index in [0.717, 1.165) is 184 Å². The molecule has 23 nitrogen and oxygen atoms in total. The Morgan fingerprint density at radius 2 is 0.699 bits per heavy atom. The van der Waals surface area contributed by atoms with E-state index in [4.69, 9.17) is 95.2 Å². The first-order valence-corrected chi connectivity index (χ1v) is 62.2. The fourth-order valence-electron chi connectivity index (χ4n) is 17.6. The summed E-state index contributed by atoms with van der Waals surface area (Å²) in [5, 5.41) is 38.0. The van der Waals surface area contributed by atoms with Crippen LogP contribution >= 0.6 is 96.3 Å². The zero-order valence-electron chi connectivity index (χ0n) is 84.8. The van der Waals surface area contributed by atoms with E-state index in [9.17, 15) is 19.5 Å². The number of halogens is 5. The second-order valence-corrected chi connectivity index (χ2v) is 58.8. The van der Waals surface area contributed by atoms with Crippen LogP contribution in [0.4, 0.5) is 0 Å². The van der Waals surface area contributed by atoms with Gasteiger partial charge in [-0.05, 0) is 255 Å². The Kier molecular flexibility index (Phi) is 32.5. The number of thiazole rings is 3. The van der Waals surface area contributed by atoms with Gasteiger partial charge in [-0.15, -0.1) is 34.0 Å². The van der Waals surface area contributed by atoms with Gasteiger partial charge in [0, 0.05) is 121 Å². The molecule has 0 radical (unpaired) electrons. The Morgan fingerprint density at radius 3 is 1.04 bits per heavy atom. The molecule has 10 aromatic carbocycles. The molecular formula is C114H111BrCl4N14O9S3Sn. The molecule has 1 N–H and O–H groups in total. The van der Waals surface area contributed by atoms with Gasteiger partial charge < -0.3 is 28.8 Å². The largest absolute Gasteiger partial charge is 0.267 e. The van der Waals surface area contributed by atoms with E-state index in [1.165, 1.54) is 37.3 Å². The number of carbonyl (C=O) groups is 3. The van der Waals surface area contributed by atoms with Crippen LogP contribution in [0.3, 0.4) is 0 Å². The van der Waals surface area contributed by atoms with Gasteiger partial charge in [-0.1, -0.05) is 137 Å². The zero-order chi connectivity index (χ0) is 104. The van der Waals surface area contributed by atoms with Crippen LogP contribution in [0.1, 0.15) is 128 Å². The first-order chi connectivity index (χ1) is 69.4. The molecule has 0 amide bonds. The summed E-state index contributed by atoms with van der Waals surface area (Å²) in [4.78, 5) is 74.9. The molecule has 146 heavy (non-hydrogen) atoms. The molecule has 10 aromatic heterocycles. The molecule has 0 bridgehead atoms. The number of carbonyl (C=O) groups excluding carboxylic acids is 2. The molecule has 3 atom stereocenters. The molecule has 0 unspecified atom stereocenters. The molecule has 0 aliphatic carbocycles. The van der Waals surface area contributed by atoms with E-state index in [1.807, 2.05) is 318 Å². The number of benzene rings is 10. The summed E-state index contributed by atoms with van der Waals surface area (Å²) in [6.45, 7) is 27.1. The van der Waals surface area contributed by atoms with Crippen molar-refractivity contribution in [2.75, 3.05) is 13.2 Å². The molecular weight excluding hydrogens is 2150 g/mol. The summed E-state index contributed by atoms with van der Waals surface area (Å²) in [7, 11) is 7.83. The van der Waals surface area contributed by atoms with Gasteiger partial charge in [-0.2, -0.15) is 15.3 Å². The van der Waals surface area contributed by atoms with E-state index in [-0.39, 0.29) is 13.2 Å². The molecule has 0 aliphatic rings. The van der Waals surface area contributed by atoms with Crippen molar-refractivity contribution in [2.24, 2.45) is 28.2 Å². The standard InChI is InChI=1S/C35H33ClN4O3S.C33H29ClN4O3S.C27H26Cl2N2O3S.C8H7BrN2.C8H7N2.3CH3.Sn/c1-7-42-34(41)31(43-35(3,4)5)28-20(2)18-26-32(29(28)21-12-14-23(36)15-13-21)44-33(38-26)22-16-17-37-25(19-22)30-24-10-8-9-11-27(24)40(6)39-30;1-18-16-24-30(27(19-10-12-21(34)13-11-19)26(18)29(32(39)40)41-33(2,3)4)42-31(36-24)20-14-15-35-23(17-20)28-22-8-6-7-9-25(22)38(5)37-28;1-6-33-26(32)23(34-27(3,4)5)21-15(2)13-19-24(22(21)16-7-9-18(28)10-8-16)35-25(31-19)17-11-12-30-20(29)14-17;1-11-7-5-3-2-4-6(7)8(9)10-11;1-10-8-5-3-2-4-7(8)6-9-10;;;;/h8-19,31H,7H2,1-6H3;6-17,29H,1-5H3,(H,39,40);7-14,23H,6H2,1-5H3;2-5H,1H3;2-5H,1H3;3*1H3;/t31-;29-;23-;;;;;;/m000....../s1. The van der Waals surface area contributed by atoms with Crippen molar-refractivity contribution >= 4 is 211 Å². The van der Waals surface area contributed by atoms with Gasteiger partial charge in [-0.25, -0.2) is 34.3 Å². The SMILES string of the molecule is CCOC(=O)[C@@H](OC(C)(C)C)c1c(C)cc2nc(-c3ccnc(-c4nn(C)c5ccccc45)c3)sc2c1-c1ccc(Cl)cc1.CCOC(=O)[C@@H](OC(C)(C)C)c1c(C)cc2nc(-c3ccnc(Cl)c3)sc2c1-c1ccc(Cl)cc1.Cc1cc2nc(-c3ccnc(-c4nn(C)c5ccccc45)c3)sc2c(-c2ccc(Cl)cc2)c1[C@H](OC(C)(C)C)C(=O)O.Cn1n[c]([Sn]([CH3])([CH3])[CH3])c2ccccc21.Cn1nc(Br)c2ccccc21. The van der Waals surface area contributed by atoms with E-state index < -0.39 is 71.4 Å². The number of ether oxygens (including phenoxy) is 5. The van der Waals surface area contributed by atoms with E-state index in [1.54, 1.807) is 49.8 Å². The van der Waals surface area contributed by atoms with Crippen LogP contribution in [-0.2, 0) is 66.3 Å². The normalized spacial score (nSPS) is 12.5. The van der Waals surface area contributed by atoms with E-state index >= 15 is 0 Å². The molecule has 0 saturated carbocycles. The fourth-order valence-corrected chi connectivity index (χ4v) is 26.3. The quantitative estimate of drug-likeness (QED) is 0.0422. The number of aromatic nitrogens is 14. The van der Waals surface area contributed by atoms with Crippen LogP contribution in [0.2, 0.25) is 35.0 Å². The monoisotopic (exact) mass is 2250 g/mol. The number of aryl methyl sites for hydroxylation is 7. The number of hydrogen-bond donors (Lipinski definition) is 1. The number of nitrogens with zero attached hydrogens (tertiary/aromatic N) is 14. The summed E-state index contributed by atoms with van der Waals surface area (Å²) in [5.74, 6) is -1.90. The van der Waals surface area contributed by atoms with Crippen LogP contribution in [-0.4, -0.2) is 140 Å². The minimum atomic E-state index is -2.04. The number of pyridine rings is 3. The Bertz CT molecular complexity index is 8240. The average molecular weight is 2260 g/mol. The third-order valence-corrected chi connectivity index (χ3v) is 33.8. The third-order valence-electron chi connectivity index (χ3n) is 23.8. The van der Waals surface area contributed by atoms with Gasteiger partial charge in [0.25, 0.3) is 0 Å². The number of esters is 2. The van der Waals surface area contributed by atoms with Crippen LogP contribution < -0.4 is 3.71 Å². The molecule has 0 fully saturated rings. The van der Waals surface area contributed by atoms with Gasteiger partial charge in [0.05, 0.1) is 88.6 Å². The maximum absolute atomic E-state index is 13.4. The summed E-state index contributed by atoms with van der Waals surface area (Å²) in [5.41, 5.74) is 20.8. The van der Waals surface area contributed by atoms with E-state index in [2.05, 4.69) is 86.2 Å². The van der Waals surface area contributed by atoms with Gasteiger partial charge in [0.1, 0.15) is 36.2 Å². The van der Waals surface area contributed by atoms with Crippen molar-refractivity contribution in [1.82, 2.24) is 69.0 Å². The summed E-state index contributed by atoms with van der Waals surface area (Å²) >= 11 is 30.8. The Hall–Kier alpha value is -12.1. The number of aliphatic carboxylic acids is 1. The topological polar surface area (TPSA) is 266 Å². The molecule has 20 rings (SSSR count). The van der Waals surface area contributed by atoms with Gasteiger partial charge in [0.2, 0.25) is 0 Å². The predicted molar refractivity (Wildman–Crippen MR) is 602 cm³/mol. The van der Waals surface area contributed by atoms with Crippen molar-refractivity contribution in [3.63, 3.8) is 0 Å². The van der Waals surface area contributed by atoms with Gasteiger partial charge in [-0.3, -0.25) is 24.0 Å². The minimum Gasteiger partial charge on any atom is -0.267 e. The smallest absolute Gasteiger partial charge is 0.135 e. The molecule has 20 aromatic rings. The number of carboxylic acids is 1. The third kappa shape index (κ3) is 24.0. The molecule has 10 heterocycles. The van der Waals surface area contributed by atoms with Crippen LogP contribution in [0.15, 0.2) is 248 Å². The molecule has 0 aliphatic heterocycles. The first kappa shape index (κ1) is 107. The molecule has 748 valence electrons. The van der Waals surface area contributed by atoms with Crippen LogP contribution in [0, 0.1) is 20.8 Å². The van der Waals surface area contributed by atoms with Crippen molar-refractivity contribution in [2.45, 2.75) is 147 Å². The zero-order valence-corrected chi connectivity index (χ0v) is 94.7. The second-order valence-electron chi connectivity index (χ2n) is 39.1. The molecule has 0 spiro atoms. The molecule has 32 heteroatoms. The number of hydrogen-bond acceptors (Lipinski definition) is 21. The van der Waals surface area contributed by atoms with Gasteiger partial charge >= 0.3 is 107 Å². The predicted octanol–water partition coefficient (Wildman–Crippen LogP) is 30.0. The Labute approximate surface area is 892 Å². The first-order valence-electron chi connectivity index (χ1n) is 47.5. The number of para-hydroxylation sites is 4. The van der Waals surface area contributed by atoms with Crippen LogP contribution in [0.5, 0.6) is 0 Å². The Morgan fingerprint density at radius 1 is 0.390 bits per heavy atom. The summed E-state index contributed by atoms with van der Waals surface area (Å²) < 4.78 is 42.5. The van der Waals surface area contributed by atoms with Crippen molar-refractivity contribution in [3.05, 3.63) is 301 Å². The number of fused-ring (bicyclic) bond motifs is 7. The van der Waals surface area contributed by atoms with Crippen molar-refractivity contribution < 1.29 is 43.2 Å². The maximum Gasteiger partial charge on any atom is 0.135 e. The molecule has 0 saturated heterocycles. The summed E-state index contributed by atoms with van der Waals surface area (Å²) in [6, 6.07) is 73.0. The minimum absolute atomic E-state index is 0.251. The second kappa shape index (κ2) is 44.5. The fraction of sp³-hybridized carbons (Fsp3) is 0.254. The summed E-state index contributed by atoms with van der Waals surface area (Å²) in [6.07, 6.45) is 2.22. The van der Waals surface area contributed by atoms with Crippen LogP contribution in [0.25, 0.3) is 162 Å². The van der Waals surface area contributed by atoms with Crippen molar-refractivity contribution in [3.8, 4) is 87.9 Å². The number of carboxylic acid groups (broad SMARTS) is 1. The van der Waals surface area contributed by atoms with Crippen molar-refractivity contribution in [1.29, 1.82) is 0 Å². The van der Waals surface area contributed by atoms with E-state index in [0.29, 0.717) is 25.8 Å².